The van der Waals surface area contributed by atoms with E-state index in [-0.39, 0.29) is 18.9 Å². The SMILES string of the molecule is CCCCN(CC(=O)c1ccc(OCc2ccccc2)cc1)C(=O)OC(C)(C)C.CCCCN(C[C@H](O)c1ccc(OCc2ccccc2)cc1)C(=O)OC(C)(C)C. The minimum Gasteiger partial charge on any atom is -0.489 e. The van der Waals surface area contributed by atoms with Gasteiger partial charge in [0.1, 0.15) is 35.9 Å². The average Bonchev–Trinajstić information content (AvgIpc) is 3.19. The standard InChI is InChI=1S/C24H33NO4.C24H31NO4/c2*1-5-6-16-25(23(27)29-24(2,3)4)17-22(26)20-12-14-21(15-13-20)28-18-19-10-8-7-9-11-19/h7-15,22,26H,5-6,16-18H2,1-4H3;7-15H,5-6,16-18H2,1-4H3/t22-;/m0./s1. The number of ketones is 1. The number of aliphatic hydroxyl groups is 1. The fraction of sp³-hybridized carbons (Fsp3) is 0.438. The number of amides is 2. The van der Waals surface area contributed by atoms with Crippen LogP contribution in [0.4, 0.5) is 9.59 Å². The van der Waals surface area contributed by atoms with E-state index in [9.17, 15) is 19.5 Å². The van der Waals surface area contributed by atoms with Crippen molar-refractivity contribution in [3.8, 4) is 11.5 Å². The van der Waals surface area contributed by atoms with Crippen molar-refractivity contribution >= 4 is 18.0 Å². The summed E-state index contributed by atoms with van der Waals surface area (Å²) in [5.74, 6) is 1.31. The zero-order chi connectivity index (χ0) is 42.6. The van der Waals surface area contributed by atoms with E-state index in [0.717, 1.165) is 48.1 Å². The lowest BCUT2D eigenvalue weighted by molar-refractivity contribution is 0.0141. The molecule has 0 aliphatic rings. The zero-order valence-corrected chi connectivity index (χ0v) is 35.7. The number of carbonyl (C=O) groups excluding carboxylic acids is 3. The molecule has 4 rings (SSSR count). The highest BCUT2D eigenvalue weighted by Gasteiger charge is 2.25. The van der Waals surface area contributed by atoms with E-state index in [2.05, 4.69) is 6.92 Å². The summed E-state index contributed by atoms with van der Waals surface area (Å²) < 4.78 is 22.5. The number of Topliss-reactive ketones (excluding diaryl/α,β-unsaturated/α-hetero) is 1. The first-order valence-electron chi connectivity index (χ1n) is 20.3. The van der Waals surface area contributed by atoms with Crippen LogP contribution in [0.5, 0.6) is 11.5 Å². The molecule has 2 amide bonds. The highest BCUT2D eigenvalue weighted by atomic mass is 16.6. The predicted molar refractivity (Wildman–Crippen MR) is 229 cm³/mol. The van der Waals surface area contributed by atoms with Gasteiger partial charge < -0.3 is 33.9 Å². The van der Waals surface area contributed by atoms with E-state index in [1.165, 1.54) is 4.90 Å². The van der Waals surface area contributed by atoms with Crippen molar-refractivity contribution in [2.24, 2.45) is 0 Å². The molecule has 4 aromatic rings. The second kappa shape index (κ2) is 23.8. The molecule has 0 aliphatic carbocycles. The Balaban J connectivity index is 0.000000310. The summed E-state index contributed by atoms with van der Waals surface area (Å²) in [4.78, 5) is 40.7. The number of unbranched alkanes of at least 4 members (excludes halogenated alkanes) is 2. The van der Waals surface area contributed by atoms with Gasteiger partial charge >= 0.3 is 12.2 Å². The maximum atomic E-state index is 12.7. The molecule has 1 N–H and O–H groups in total. The molecule has 0 spiro atoms. The number of nitrogens with zero attached hydrogens (tertiary/aromatic N) is 2. The molecule has 10 heteroatoms. The molecule has 0 unspecified atom stereocenters. The van der Waals surface area contributed by atoms with Gasteiger partial charge in [0.2, 0.25) is 0 Å². The third-order valence-corrected chi connectivity index (χ3v) is 8.53. The third kappa shape index (κ3) is 18.3. The molecule has 58 heavy (non-hydrogen) atoms. The third-order valence-electron chi connectivity index (χ3n) is 8.53. The van der Waals surface area contributed by atoms with Gasteiger partial charge in [0.25, 0.3) is 0 Å². The molecule has 0 saturated carbocycles. The smallest absolute Gasteiger partial charge is 0.410 e. The fourth-order valence-electron chi connectivity index (χ4n) is 5.43. The number of benzene rings is 4. The second-order valence-electron chi connectivity index (χ2n) is 16.1. The Kier molecular flexibility index (Phi) is 19.3. The Morgan fingerprint density at radius 1 is 0.586 bits per heavy atom. The van der Waals surface area contributed by atoms with E-state index in [4.69, 9.17) is 18.9 Å². The maximum Gasteiger partial charge on any atom is 0.410 e. The zero-order valence-electron chi connectivity index (χ0n) is 35.7. The van der Waals surface area contributed by atoms with Crippen LogP contribution in [0.2, 0.25) is 0 Å². The van der Waals surface area contributed by atoms with Gasteiger partial charge in [-0.2, -0.15) is 0 Å². The van der Waals surface area contributed by atoms with Gasteiger partial charge in [0.05, 0.1) is 19.2 Å². The van der Waals surface area contributed by atoms with Crippen LogP contribution in [0.15, 0.2) is 109 Å². The number of hydrogen-bond donors (Lipinski definition) is 1. The van der Waals surface area contributed by atoms with Gasteiger partial charge in [-0.25, -0.2) is 9.59 Å². The Bertz CT molecular complexity index is 1780. The van der Waals surface area contributed by atoms with Crippen LogP contribution in [-0.4, -0.2) is 70.3 Å². The summed E-state index contributed by atoms with van der Waals surface area (Å²) in [6, 6.07) is 34.2. The summed E-state index contributed by atoms with van der Waals surface area (Å²) in [6.07, 6.45) is 1.93. The summed E-state index contributed by atoms with van der Waals surface area (Å²) >= 11 is 0. The number of carbonyl (C=O) groups is 3. The molecular formula is C48H64N2O8. The van der Waals surface area contributed by atoms with Crippen molar-refractivity contribution in [2.75, 3.05) is 26.2 Å². The highest BCUT2D eigenvalue weighted by Crippen LogP contribution is 2.22. The largest absolute Gasteiger partial charge is 0.489 e. The van der Waals surface area contributed by atoms with Gasteiger partial charge in [-0.15, -0.1) is 0 Å². The normalized spacial score (nSPS) is 11.7. The van der Waals surface area contributed by atoms with Crippen LogP contribution in [0.1, 0.15) is 114 Å². The molecular weight excluding hydrogens is 733 g/mol. The molecule has 0 aliphatic heterocycles. The second-order valence-corrected chi connectivity index (χ2v) is 16.1. The van der Waals surface area contributed by atoms with Crippen LogP contribution in [0.3, 0.4) is 0 Å². The van der Waals surface area contributed by atoms with E-state index >= 15 is 0 Å². The van der Waals surface area contributed by atoms with Crippen molar-refractivity contribution in [1.29, 1.82) is 0 Å². The summed E-state index contributed by atoms with van der Waals surface area (Å²) in [5.41, 5.74) is 2.30. The molecule has 0 saturated heterocycles. The fourth-order valence-corrected chi connectivity index (χ4v) is 5.43. The van der Waals surface area contributed by atoms with Crippen molar-refractivity contribution in [2.45, 2.75) is 112 Å². The molecule has 0 aromatic heterocycles. The van der Waals surface area contributed by atoms with Crippen molar-refractivity contribution in [3.05, 3.63) is 131 Å². The first-order chi connectivity index (χ1) is 27.6. The molecule has 0 bridgehead atoms. The molecule has 0 fully saturated rings. The molecule has 10 nitrogen and oxygen atoms in total. The van der Waals surface area contributed by atoms with Crippen molar-refractivity contribution in [1.82, 2.24) is 9.80 Å². The van der Waals surface area contributed by atoms with E-state index in [1.807, 2.05) is 133 Å². The molecule has 4 aromatic carbocycles. The van der Waals surface area contributed by atoms with Crippen LogP contribution in [0.25, 0.3) is 0 Å². The Hall–Kier alpha value is -5.35. The van der Waals surface area contributed by atoms with Gasteiger partial charge in [-0.1, -0.05) is 99.5 Å². The van der Waals surface area contributed by atoms with Gasteiger partial charge in [0, 0.05) is 18.7 Å². The minimum absolute atomic E-state index is 0.000861. The summed E-state index contributed by atoms with van der Waals surface area (Å²) in [6.45, 7) is 17.3. The molecule has 314 valence electrons. The lowest BCUT2D eigenvalue weighted by atomic mass is 10.1. The van der Waals surface area contributed by atoms with Gasteiger partial charge in [-0.05, 0) is 107 Å². The number of hydrogen-bond acceptors (Lipinski definition) is 8. The van der Waals surface area contributed by atoms with Crippen LogP contribution < -0.4 is 9.47 Å². The lowest BCUT2D eigenvalue weighted by Crippen LogP contribution is -2.40. The van der Waals surface area contributed by atoms with Crippen LogP contribution in [-0.2, 0) is 22.7 Å². The quantitative estimate of drug-likeness (QED) is 0.0990. The predicted octanol–water partition coefficient (Wildman–Crippen LogP) is 10.8. The number of ether oxygens (including phenoxy) is 4. The van der Waals surface area contributed by atoms with Crippen LogP contribution >= 0.6 is 0 Å². The van der Waals surface area contributed by atoms with Crippen molar-refractivity contribution in [3.63, 3.8) is 0 Å². The lowest BCUT2D eigenvalue weighted by Gasteiger charge is -2.29. The monoisotopic (exact) mass is 796 g/mol. The highest BCUT2D eigenvalue weighted by molar-refractivity contribution is 5.99. The topological polar surface area (TPSA) is 115 Å². The Labute approximate surface area is 346 Å². The van der Waals surface area contributed by atoms with E-state index in [1.54, 1.807) is 29.2 Å². The average molecular weight is 797 g/mol. The Morgan fingerprint density at radius 2 is 1.00 bits per heavy atom. The Morgan fingerprint density at radius 3 is 1.43 bits per heavy atom. The number of rotatable bonds is 18. The number of aliphatic hydroxyl groups excluding tert-OH is 1. The first-order valence-corrected chi connectivity index (χ1v) is 20.3. The summed E-state index contributed by atoms with van der Waals surface area (Å²) in [5, 5.41) is 10.6. The first kappa shape index (κ1) is 47.0. The van der Waals surface area contributed by atoms with E-state index in [0.29, 0.717) is 37.6 Å². The molecule has 0 radical (unpaired) electrons. The maximum absolute atomic E-state index is 12.7. The molecule has 0 heterocycles. The van der Waals surface area contributed by atoms with E-state index < -0.39 is 29.5 Å². The summed E-state index contributed by atoms with van der Waals surface area (Å²) in [7, 11) is 0. The van der Waals surface area contributed by atoms with Gasteiger partial charge in [-0.3, -0.25) is 4.79 Å². The molecule has 1 atom stereocenters. The van der Waals surface area contributed by atoms with Gasteiger partial charge in [0.15, 0.2) is 5.78 Å². The van der Waals surface area contributed by atoms with Crippen molar-refractivity contribution < 1.29 is 38.4 Å². The van der Waals surface area contributed by atoms with Crippen LogP contribution in [0, 0.1) is 0 Å². The minimum atomic E-state index is -0.789.